The number of halogens is 1. The second-order valence-electron chi connectivity index (χ2n) is 9.38. The fourth-order valence-electron chi connectivity index (χ4n) is 5.20. The van der Waals surface area contributed by atoms with Crippen LogP contribution in [-0.2, 0) is 4.74 Å². The minimum absolute atomic E-state index is 0.0318. The Morgan fingerprint density at radius 1 is 1.11 bits per heavy atom. The van der Waals surface area contributed by atoms with E-state index in [1.807, 2.05) is 18.2 Å². The molecule has 4 aromatic rings. The summed E-state index contributed by atoms with van der Waals surface area (Å²) in [5, 5.41) is 3.84. The van der Waals surface area contributed by atoms with Crippen molar-refractivity contribution in [2.45, 2.75) is 12.5 Å². The summed E-state index contributed by atoms with van der Waals surface area (Å²) in [6.45, 7) is 5.60. The van der Waals surface area contributed by atoms with E-state index in [0.29, 0.717) is 22.5 Å². The molecule has 2 aliphatic rings. The van der Waals surface area contributed by atoms with Crippen LogP contribution in [0.15, 0.2) is 60.9 Å². The first-order valence-corrected chi connectivity index (χ1v) is 12.4. The van der Waals surface area contributed by atoms with Crippen molar-refractivity contribution in [1.29, 1.82) is 0 Å². The van der Waals surface area contributed by atoms with Gasteiger partial charge in [0.05, 0.1) is 23.9 Å². The number of aromatic nitrogens is 3. The first-order chi connectivity index (χ1) is 18.1. The first-order valence-electron chi connectivity index (χ1n) is 12.4. The van der Waals surface area contributed by atoms with Crippen LogP contribution < -0.4 is 16.0 Å². The van der Waals surface area contributed by atoms with E-state index in [4.69, 9.17) is 10.5 Å². The Morgan fingerprint density at radius 3 is 2.73 bits per heavy atom. The number of benzene rings is 2. The van der Waals surface area contributed by atoms with Gasteiger partial charge in [-0.3, -0.25) is 14.3 Å². The van der Waals surface area contributed by atoms with E-state index >= 15 is 0 Å². The highest BCUT2D eigenvalue weighted by Gasteiger charge is 2.27. The van der Waals surface area contributed by atoms with E-state index in [1.165, 1.54) is 10.8 Å². The second kappa shape index (κ2) is 9.79. The molecule has 190 valence electrons. The lowest BCUT2D eigenvalue weighted by molar-refractivity contribution is 0.100. The predicted octanol–water partition coefficient (Wildman–Crippen LogP) is 3.31. The van der Waals surface area contributed by atoms with E-state index < -0.39 is 11.7 Å². The standard InChI is InChI=1S/C27H28FN7O2/c28-23-15-30-27(32-26(23)35-16-22(25(29)36)21-6-1-2-7-24(21)35)31-18-4-3-5-19(14-18)33-9-11-34(12-10-33)20-8-13-37-17-20/h1-7,14-16,20H,8-13,17H2,(H2,29,36)(H,30,31,32). The number of nitrogens with zero attached hydrogens (tertiary/aromatic N) is 5. The van der Waals surface area contributed by atoms with Crippen molar-refractivity contribution in [3.63, 3.8) is 0 Å². The third-order valence-corrected chi connectivity index (χ3v) is 7.13. The van der Waals surface area contributed by atoms with Gasteiger partial charge in [-0.2, -0.15) is 4.98 Å². The fourth-order valence-corrected chi connectivity index (χ4v) is 5.20. The third kappa shape index (κ3) is 4.61. The Hall–Kier alpha value is -4.02. The fraction of sp³-hybridized carbons (Fsp3) is 0.296. The van der Waals surface area contributed by atoms with Gasteiger partial charge in [-0.25, -0.2) is 9.37 Å². The lowest BCUT2D eigenvalue weighted by atomic mass is 10.1. The molecule has 2 fully saturated rings. The number of para-hydroxylation sites is 1. The minimum atomic E-state index is -0.610. The summed E-state index contributed by atoms with van der Waals surface area (Å²) in [5.41, 5.74) is 8.40. The molecule has 0 saturated carbocycles. The number of hydrogen-bond donors (Lipinski definition) is 2. The van der Waals surface area contributed by atoms with Gasteiger partial charge < -0.3 is 20.7 Å². The van der Waals surface area contributed by atoms with E-state index in [9.17, 15) is 9.18 Å². The maximum absolute atomic E-state index is 14.9. The zero-order valence-corrected chi connectivity index (χ0v) is 20.3. The van der Waals surface area contributed by atoms with Crippen molar-refractivity contribution in [2.24, 2.45) is 5.73 Å². The lowest BCUT2D eigenvalue weighted by Gasteiger charge is -2.38. The van der Waals surface area contributed by atoms with Crippen molar-refractivity contribution in [1.82, 2.24) is 19.4 Å². The van der Waals surface area contributed by atoms with E-state index in [0.717, 1.165) is 63.4 Å². The second-order valence-corrected chi connectivity index (χ2v) is 9.38. The molecule has 1 atom stereocenters. The Balaban J connectivity index is 1.23. The summed E-state index contributed by atoms with van der Waals surface area (Å²) in [6.07, 6.45) is 3.75. The van der Waals surface area contributed by atoms with Crippen molar-refractivity contribution < 1.29 is 13.9 Å². The molecule has 37 heavy (non-hydrogen) atoms. The average Bonchev–Trinajstić information content (AvgIpc) is 3.59. The maximum Gasteiger partial charge on any atom is 0.250 e. The number of amides is 1. The molecule has 0 radical (unpaired) electrons. The number of nitrogens with two attached hydrogens (primary N) is 1. The monoisotopic (exact) mass is 501 g/mol. The molecule has 2 aromatic carbocycles. The van der Waals surface area contributed by atoms with Crippen molar-refractivity contribution in [3.05, 3.63) is 72.3 Å². The van der Waals surface area contributed by atoms with E-state index in [2.05, 4.69) is 37.2 Å². The molecular formula is C27H28FN7O2. The van der Waals surface area contributed by atoms with Crippen LogP contribution in [0.25, 0.3) is 16.7 Å². The number of carbonyl (C=O) groups is 1. The zero-order chi connectivity index (χ0) is 25.4. The molecule has 1 unspecified atom stereocenters. The van der Waals surface area contributed by atoms with Gasteiger partial charge in [0, 0.05) is 61.8 Å². The van der Waals surface area contributed by atoms with Gasteiger partial charge in [0.1, 0.15) is 0 Å². The summed E-state index contributed by atoms with van der Waals surface area (Å²) in [6, 6.07) is 15.8. The average molecular weight is 502 g/mol. The van der Waals surface area contributed by atoms with Gasteiger partial charge in [-0.15, -0.1) is 0 Å². The van der Waals surface area contributed by atoms with Crippen LogP contribution in [0.2, 0.25) is 0 Å². The number of rotatable bonds is 6. The minimum Gasteiger partial charge on any atom is -0.380 e. The molecule has 2 aromatic heterocycles. The van der Waals surface area contributed by atoms with Crippen LogP contribution in [0.3, 0.4) is 0 Å². The molecule has 6 rings (SSSR count). The van der Waals surface area contributed by atoms with Crippen molar-refractivity contribution >= 4 is 34.1 Å². The molecule has 0 aliphatic carbocycles. The number of hydrogen-bond acceptors (Lipinski definition) is 7. The predicted molar refractivity (Wildman–Crippen MR) is 140 cm³/mol. The largest absolute Gasteiger partial charge is 0.380 e. The highest BCUT2D eigenvalue weighted by atomic mass is 19.1. The van der Waals surface area contributed by atoms with Gasteiger partial charge in [0.15, 0.2) is 11.6 Å². The Morgan fingerprint density at radius 2 is 1.95 bits per heavy atom. The quantitative estimate of drug-likeness (QED) is 0.418. The first kappa shape index (κ1) is 23.4. The van der Waals surface area contributed by atoms with Crippen molar-refractivity contribution in [3.8, 4) is 5.82 Å². The molecule has 2 aliphatic heterocycles. The smallest absolute Gasteiger partial charge is 0.250 e. The molecule has 0 spiro atoms. The molecular weight excluding hydrogens is 473 g/mol. The number of piperazine rings is 1. The molecule has 0 bridgehead atoms. The van der Waals surface area contributed by atoms with Gasteiger partial charge >= 0.3 is 0 Å². The number of primary amides is 1. The molecule has 3 N–H and O–H groups in total. The zero-order valence-electron chi connectivity index (χ0n) is 20.3. The molecule has 10 heteroatoms. The Kier molecular flexibility index (Phi) is 6.19. The van der Waals surface area contributed by atoms with E-state index in [-0.39, 0.29) is 11.8 Å². The topological polar surface area (TPSA) is 102 Å². The summed E-state index contributed by atoms with van der Waals surface area (Å²) < 4.78 is 22.0. The number of carbonyl (C=O) groups excluding carboxylic acids is 1. The van der Waals surface area contributed by atoms with Crippen LogP contribution in [0.1, 0.15) is 16.8 Å². The van der Waals surface area contributed by atoms with Crippen LogP contribution in [0, 0.1) is 5.82 Å². The summed E-state index contributed by atoms with van der Waals surface area (Å²) in [5.74, 6) is -0.916. The van der Waals surface area contributed by atoms with Gasteiger partial charge in [-0.1, -0.05) is 24.3 Å². The number of fused-ring (bicyclic) bond motifs is 1. The molecule has 9 nitrogen and oxygen atoms in total. The lowest BCUT2D eigenvalue weighted by Crippen LogP contribution is -2.50. The SMILES string of the molecule is NC(=O)c1cn(-c2nc(Nc3cccc(N4CCN(C5CCOC5)CC4)c3)ncc2F)c2ccccc12. The van der Waals surface area contributed by atoms with E-state index in [1.54, 1.807) is 18.2 Å². The summed E-state index contributed by atoms with van der Waals surface area (Å²) >= 11 is 0. The summed E-state index contributed by atoms with van der Waals surface area (Å²) in [7, 11) is 0. The van der Waals surface area contributed by atoms with Crippen molar-refractivity contribution in [2.75, 3.05) is 49.6 Å². The van der Waals surface area contributed by atoms with Crippen LogP contribution in [0.4, 0.5) is 21.7 Å². The Labute approximate surface area is 213 Å². The normalized spacial score (nSPS) is 18.4. The molecule has 4 heterocycles. The van der Waals surface area contributed by atoms with Gasteiger partial charge in [-0.05, 0) is 30.7 Å². The highest BCUT2D eigenvalue weighted by Crippen LogP contribution is 2.27. The molecule has 1 amide bonds. The number of ether oxygens (including phenoxy) is 1. The van der Waals surface area contributed by atoms with Crippen LogP contribution in [-0.4, -0.2) is 70.8 Å². The number of nitrogens with one attached hydrogen (secondary N) is 1. The third-order valence-electron chi connectivity index (χ3n) is 7.13. The van der Waals surface area contributed by atoms with Crippen LogP contribution in [0.5, 0.6) is 0 Å². The molecule has 2 saturated heterocycles. The summed E-state index contributed by atoms with van der Waals surface area (Å²) in [4.78, 5) is 25.4. The Bertz CT molecular complexity index is 1440. The highest BCUT2D eigenvalue weighted by molar-refractivity contribution is 6.06. The van der Waals surface area contributed by atoms with Gasteiger partial charge in [0.25, 0.3) is 5.91 Å². The van der Waals surface area contributed by atoms with Crippen LogP contribution >= 0.6 is 0 Å². The maximum atomic E-state index is 14.9. The number of anilines is 3. The van der Waals surface area contributed by atoms with Gasteiger partial charge in [0.2, 0.25) is 5.95 Å².